The lowest BCUT2D eigenvalue weighted by Crippen LogP contribution is -2.16. The maximum Gasteiger partial charge on any atom is 0.411 e. The first-order valence-electron chi connectivity index (χ1n) is 9.44. The van der Waals surface area contributed by atoms with E-state index in [0.29, 0.717) is 18.2 Å². The molecular weight excluding hydrogens is 354 g/mol. The number of nitrogen functional groups attached to an aromatic ring is 1. The van der Waals surface area contributed by atoms with Gasteiger partial charge in [0.1, 0.15) is 5.75 Å². The lowest BCUT2D eigenvalue weighted by Gasteiger charge is -2.11. The van der Waals surface area contributed by atoms with E-state index in [9.17, 15) is 4.79 Å². The van der Waals surface area contributed by atoms with Gasteiger partial charge in [0.2, 0.25) is 0 Å². The summed E-state index contributed by atoms with van der Waals surface area (Å²) in [5.41, 5.74) is 10.9. The Kier molecular flexibility index (Phi) is 5.78. The fraction of sp³-hybridized carbons (Fsp3) is 0.318. The van der Waals surface area contributed by atoms with Crippen LogP contribution < -0.4 is 15.8 Å². The second-order valence-corrected chi connectivity index (χ2v) is 7.08. The van der Waals surface area contributed by atoms with E-state index < -0.39 is 6.09 Å². The molecule has 0 saturated heterocycles. The van der Waals surface area contributed by atoms with E-state index >= 15 is 0 Å². The van der Waals surface area contributed by atoms with Gasteiger partial charge in [0.05, 0.1) is 30.6 Å². The molecule has 1 amide bonds. The minimum atomic E-state index is -0.448. The van der Waals surface area contributed by atoms with Gasteiger partial charge in [0.25, 0.3) is 0 Å². The van der Waals surface area contributed by atoms with Crippen molar-refractivity contribution in [3.63, 3.8) is 0 Å². The zero-order chi connectivity index (χ0) is 20.3. The first-order valence-corrected chi connectivity index (χ1v) is 9.44. The van der Waals surface area contributed by atoms with Gasteiger partial charge in [-0.2, -0.15) is 0 Å². The Balaban J connectivity index is 1.90. The SMILES string of the molecule is CCn1c(-c2ccc(NC(=O)OCC(C)C)cc2)c(N)c2ccc(OC)cc21. The molecule has 3 aromatic rings. The number of amides is 1. The quantitative estimate of drug-likeness (QED) is 0.621. The van der Waals surface area contributed by atoms with Crippen molar-refractivity contribution < 1.29 is 14.3 Å². The van der Waals surface area contributed by atoms with Crippen molar-refractivity contribution >= 4 is 28.4 Å². The largest absolute Gasteiger partial charge is 0.497 e. The number of rotatable bonds is 6. The number of carbonyl (C=O) groups is 1. The molecule has 0 spiro atoms. The van der Waals surface area contributed by atoms with Crippen molar-refractivity contribution in [1.82, 2.24) is 4.57 Å². The van der Waals surface area contributed by atoms with E-state index in [1.54, 1.807) is 7.11 Å². The minimum absolute atomic E-state index is 0.297. The molecule has 0 bridgehead atoms. The van der Waals surface area contributed by atoms with Gasteiger partial charge < -0.3 is 19.8 Å². The Hall–Kier alpha value is -3.15. The second kappa shape index (κ2) is 8.25. The zero-order valence-electron chi connectivity index (χ0n) is 16.8. The summed E-state index contributed by atoms with van der Waals surface area (Å²) in [4.78, 5) is 11.8. The fourth-order valence-corrected chi connectivity index (χ4v) is 3.23. The minimum Gasteiger partial charge on any atom is -0.497 e. The van der Waals surface area contributed by atoms with Gasteiger partial charge in [-0.15, -0.1) is 0 Å². The molecule has 2 aromatic carbocycles. The van der Waals surface area contributed by atoms with E-state index in [-0.39, 0.29) is 0 Å². The molecule has 0 fully saturated rings. The van der Waals surface area contributed by atoms with Crippen LogP contribution in [-0.4, -0.2) is 24.4 Å². The van der Waals surface area contributed by atoms with Crippen LogP contribution in [0.25, 0.3) is 22.2 Å². The van der Waals surface area contributed by atoms with Crippen molar-refractivity contribution in [2.24, 2.45) is 5.92 Å². The molecule has 3 rings (SSSR count). The summed E-state index contributed by atoms with van der Waals surface area (Å²) in [5.74, 6) is 1.09. The molecule has 1 aromatic heterocycles. The molecule has 0 aliphatic carbocycles. The third-order valence-corrected chi connectivity index (χ3v) is 4.58. The molecule has 3 N–H and O–H groups in total. The topological polar surface area (TPSA) is 78.5 Å². The number of aromatic nitrogens is 1. The highest BCUT2D eigenvalue weighted by Crippen LogP contribution is 2.37. The summed E-state index contributed by atoms with van der Waals surface area (Å²) in [6.07, 6.45) is -0.448. The summed E-state index contributed by atoms with van der Waals surface area (Å²) < 4.78 is 12.7. The molecule has 0 radical (unpaired) electrons. The number of methoxy groups -OCH3 is 1. The smallest absolute Gasteiger partial charge is 0.411 e. The zero-order valence-corrected chi connectivity index (χ0v) is 16.8. The van der Waals surface area contributed by atoms with E-state index in [1.165, 1.54) is 0 Å². The Morgan fingerprint density at radius 1 is 1.18 bits per heavy atom. The van der Waals surface area contributed by atoms with Crippen LogP contribution in [0.1, 0.15) is 20.8 Å². The van der Waals surface area contributed by atoms with Gasteiger partial charge in [-0.25, -0.2) is 4.79 Å². The van der Waals surface area contributed by atoms with Crippen molar-refractivity contribution in [3.8, 4) is 17.0 Å². The summed E-state index contributed by atoms with van der Waals surface area (Å²) in [5, 5.41) is 3.74. The molecule has 148 valence electrons. The predicted molar refractivity (Wildman–Crippen MR) is 114 cm³/mol. The Morgan fingerprint density at radius 3 is 2.50 bits per heavy atom. The Morgan fingerprint density at radius 2 is 1.89 bits per heavy atom. The first-order chi connectivity index (χ1) is 13.4. The summed E-state index contributed by atoms with van der Waals surface area (Å²) in [6, 6.07) is 13.5. The highest BCUT2D eigenvalue weighted by atomic mass is 16.5. The molecular formula is C22H27N3O3. The van der Waals surface area contributed by atoms with Crippen LogP contribution >= 0.6 is 0 Å². The molecule has 0 aliphatic heterocycles. The third kappa shape index (κ3) is 3.91. The maximum atomic E-state index is 11.8. The monoisotopic (exact) mass is 381 g/mol. The van der Waals surface area contributed by atoms with Crippen molar-refractivity contribution in [2.45, 2.75) is 27.3 Å². The lowest BCUT2D eigenvalue weighted by molar-refractivity contribution is 0.147. The molecule has 0 unspecified atom stereocenters. The molecule has 6 nitrogen and oxygen atoms in total. The van der Waals surface area contributed by atoms with E-state index in [0.717, 1.165) is 40.1 Å². The Bertz CT molecular complexity index is 975. The van der Waals surface area contributed by atoms with Crippen LogP contribution in [0.5, 0.6) is 5.75 Å². The highest BCUT2D eigenvalue weighted by Gasteiger charge is 2.16. The third-order valence-electron chi connectivity index (χ3n) is 4.58. The number of fused-ring (bicyclic) bond motifs is 1. The number of aryl methyl sites for hydroxylation is 1. The Labute approximate surface area is 165 Å². The van der Waals surface area contributed by atoms with Gasteiger partial charge in [0.15, 0.2) is 0 Å². The molecule has 28 heavy (non-hydrogen) atoms. The summed E-state index contributed by atoms with van der Waals surface area (Å²) >= 11 is 0. The number of anilines is 2. The van der Waals surface area contributed by atoms with Crippen molar-refractivity contribution in [1.29, 1.82) is 0 Å². The van der Waals surface area contributed by atoms with Crippen LogP contribution in [0.2, 0.25) is 0 Å². The van der Waals surface area contributed by atoms with Crippen LogP contribution in [0, 0.1) is 5.92 Å². The van der Waals surface area contributed by atoms with Gasteiger partial charge >= 0.3 is 6.09 Å². The second-order valence-electron chi connectivity index (χ2n) is 7.08. The molecule has 0 atom stereocenters. The van der Waals surface area contributed by atoms with Gasteiger partial charge in [-0.05, 0) is 37.1 Å². The van der Waals surface area contributed by atoms with Crippen molar-refractivity contribution in [2.75, 3.05) is 24.8 Å². The van der Waals surface area contributed by atoms with E-state index in [2.05, 4.69) is 16.8 Å². The molecule has 0 saturated carbocycles. The van der Waals surface area contributed by atoms with Crippen LogP contribution in [-0.2, 0) is 11.3 Å². The van der Waals surface area contributed by atoms with Crippen molar-refractivity contribution in [3.05, 3.63) is 42.5 Å². The molecule has 6 heteroatoms. The number of nitrogens with zero attached hydrogens (tertiary/aromatic N) is 1. The average Bonchev–Trinajstić information content (AvgIpc) is 2.98. The first kappa shape index (κ1) is 19.6. The summed E-state index contributed by atoms with van der Waals surface area (Å²) in [7, 11) is 1.66. The van der Waals surface area contributed by atoms with Crippen LogP contribution in [0.15, 0.2) is 42.5 Å². The van der Waals surface area contributed by atoms with E-state index in [4.69, 9.17) is 15.2 Å². The summed E-state index contributed by atoms with van der Waals surface area (Å²) in [6.45, 7) is 7.24. The van der Waals surface area contributed by atoms with Gasteiger partial charge in [-0.3, -0.25) is 5.32 Å². The maximum absolute atomic E-state index is 11.8. The number of carbonyl (C=O) groups excluding carboxylic acids is 1. The molecule has 1 heterocycles. The van der Waals surface area contributed by atoms with Crippen LogP contribution in [0.4, 0.5) is 16.2 Å². The number of benzene rings is 2. The number of ether oxygens (including phenoxy) is 2. The number of nitrogens with one attached hydrogen (secondary N) is 1. The van der Waals surface area contributed by atoms with E-state index in [1.807, 2.05) is 56.3 Å². The standard InChI is InChI=1S/C22H27N3O3/c1-5-25-19-12-17(27-4)10-11-18(19)20(23)21(25)15-6-8-16(9-7-15)24-22(26)28-13-14(2)3/h6-12,14H,5,13,23H2,1-4H3,(H,24,26). The predicted octanol–water partition coefficient (Wildman–Crippen LogP) is 5.12. The van der Waals surface area contributed by atoms with Gasteiger partial charge in [0, 0.05) is 29.2 Å². The van der Waals surface area contributed by atoms with Crippen LogP contribution in [0.3, 0.4) is 0 Å². The van der Waals surface area contributed by atoms with Gasteiger partial charge in [-0.1, -0.05) is 26.0 Å². The average molecular weight is 381 g/mol. The highest BCUT2D eigenvalue weighted by molar-refractivity contribution is 6.01. The lowest BCUT2D eigenvalue weighted by atomic mass is 10.1. The number of hydrogen-bond donors (Lipinski definition) is 2. The number of nitrogens with two attached hydrogens (primary N) is 1. The normalized spacial score (nSPS) is 11.0. The fourth-order valence-electron chi connectivity index (χ4n) is 3.23. The number of hydrogen-bond acceptors (Lipinski definition) is 4. The molecule has 0 aliphatic rings.